The SMILES string of the molecule is COc1cc(C)c(C)cc1NN1CCN(c2cccc(Cl)c2)CC1C(=O)SC. The predicted octanol–water partition coefficient (Wildman–Crippen LogP) is 4.37. The number of nitrogens with one attached hydrogen (secondary N) is 1. The Morgan fingerprint density at radius 3 is 2.64 bits per heavy atom. The molecule has 1 unspecified atom stereocenters. The van der Waals surface area contributed by atoms with Gasteiger partial charge in [-0.05, 0) is 61.6 Å². The van der Waals surface area contributed by atoms with Crippen LogP contribution in [0.5, 0.6) is 5.75 Å². The van der Waals surface area contributed by atoms with Crippen LogP contribution in [0, 0.1) is 13.8 Å². The van der Waals surface area contributed by atoms with Crippen LogP contribution in [-0.4, -0.2) is 49.2 Å². The van der Waals surface area contributed by atoms with Gasteiger partial charge in [-0.15, -0.1) is 0 Å². The van der Waals surface area contributed by atoms with E-state index in [9.17, 15) is 4.79 Å². The normalized spacial score (nSPS) is 17.5. The van der Waals surface area contributed by atoms with Crippen LogP contribution >= 0.6 is 23.4 Å². The van der Waals surface area contributed by atoms with Crippen LogP contribution in [0.3, 0.4) is 0 Å². The number of carbonyl (C=O) groups is 1. The molecule has 0 bridgehead atoms. The van der Waals surface area contributed by atoms with E-state index in [1.54, 1.807) is 7.11 Å². The van der Waals surface area contributed by atoms with Gasteiger partial charge in [-0.25, -0.2) is 5.01 Å². The van der Waals surface area contributed by atoms with Crippen molar-refractivity contribution in [3.05, 3.63) is 52.5 Å². The van der Waals surface area contributed by atoms with E-state index in [1.807, 2.05) is 41.6 Å². The van der Waals surface area contributed by atoms with E-state index >= 15 is 0 Å². The topological polar surface area (TPSA) is 44.8 Å². The zero-order chi connectivity index (χ0) is 20.3. The summed E-state index contributed by atoms with van der Waals surface area (Å²) in [6, 6.07) is 11.6. The number of thioether (sulfide) groups is 1. The Morgan fingerprint density at radius 1 is 1.21 bits per heavy atom. The van der Waals surface area contributed by atoms with Crippen molar-refractivity contribution in [1.29, 1.82) is 0 Å². The number of hydrogen-bond donors (Lipinski definition) is 1. The standard InChI is InChI=1S/C21H26ClN3O2S/c1-14-10-18(20(27-3)11-15(14)2)23-25-9-8-24(13-19(25)21(26)28-4)17-7-5-6-16(22)12-17/h5-7,10-12,19,23H,8-9,13H2,1-4H3. The number of hydrogen-bond acceptors (Lipinski definition) is 6. The molecule has 0 amide bonds. The van der Waals surface area contributed by atoms with Gasteiger partial charge in [-0.2, -0.15) is 0 Å². The number of ether oxygens (including phenoxy) is 1. The Labute approximate surface area is 176 Å². The number of rotatable bonds is 5. The molecule has 1 N–H and O–H groups in total. The molecule has 2 aromatic rings. The molecular formula is C21H26ClN3O2S. The molecule has 0 radical (unpaired) electrons. The van der Waals surface area contributed by atoms with Crippen molar-refractivity contribution >= 4 is 39.9 Å². The molecule has 1 saturated heterocycles. The average molecular weight is 420 g/mol. The molecule has 3 rings (SSSR count). The molecule has 5 nitrogen and oxygen atoms in total. The minimum Gasteiger partial charge on any atom is -0.495 e. The Kier molecular flexibility index (Phi) is 6.75. The highest BCUT2D eigenvalue weighted by Gasteiger charge is 2.33. The highest BCUT2D eigenvalue weighted by molar-refractivity contribution is 8.13. The first-order chi connectivity index (χ1) is 13.4. The van der Waals surface area contributed by atoms with E-state index in [-0.39, 0.29) is 11.2 Å². The molecule has 1 fully saturated rings. The van der Waals surface area contributed by atoms with Crippen molar-refractivity contribution in [1.82, 2.24) is 5.01 Å². The highest BCUT2D eigenvalue weighted by Crippen LogP contribution is 2.30. The Hall–Kier alpha value is -1.89. The summed E-state index contributed by atoms with van der Waals surface area (Å²) in [6.07, 6.45) is 1.83. The summed E-state index contributed by atoms with van der Waals surface area (Å²) in [6.45, 7) is 6.21. The van der Waals surface area contributed by atoms with Gasteiger partial charge in [0.25, 0.3) is 0 Å². The monoisotopic (exact) mass is 419 g/mol. The van der Waals surface area contributed by atoms with Crippen LogP contribution in [0.2, 0.25) is 5.02 Å². The summed E-state index contributed by atoms with van der Waals surface area (Å²) in [5, 5.41) is 2.85. The number of benzene rings is 2. The summed E-state index contributed by atoms with van der Waals surface area (Å²) in [5.41, 5.74) is 7.70. The van der Waals surface area contributed by atoms with E-state index in [0.29, 0.717) is 18.1 Å². The van der Waals surface area contributed by atoms with Gasteiger partial charge >= 0.3 is 0 Å². The predicted molar refractivity (Wildman–Crippen MR) is 119 cm³/mol. The number of halogens is 1. The van der Waals surface area contributed by atoms with Crippen molar-refractivity contribution in [2.24, 2.45) is 0 Å². The molecule has 1 aliphatic rings. The zero-order valence-electron chi connectivity index (χ0n) is 16.7. The van der Waals surface area contributed by atoms with Gasteiger partial charge in [0, 0.05) is 30.3 Å². The summed E-state index contributed by atoms with van der Waals surface area (Å²) in [7, 11) is 1.66. The molecule has 0 aromatic heterocycles. The van der Waals surface area contributed by atoms with Gasteiger partial charge in [0.2, 0.25) is 5.12 Å². The maximum atomic E-state index is 12.7. The minimum atomic E-state index is -0.283. The minimum absolute atomic E-state index is 0.127. The zero-order valence-corrected chi connectivity index (χ0v) is 18.2. The lowest BCUT2D eigenvalue weighted by Gasteiger charge is -2.41. The van der Waals surface area contributed by atoms with Crippen LogP contribution in [0.15, 0.2) is 36.4 Å². The second kappa shape index (κ2) is 9.07. The fourth-order valence-electron chi connectivity index (χ4n) is 3.36. The fourth-order valence-corrected chi connectivity index (χ4v) is 4.02. The molecule has 150 valence electrons. The maximum absolute atomic E-state index is 12.7. The third-order valence-electron chi connectivity index (χ3n) is 5.11. The van der Waals surface area contributed by atoms with Crippen LogP contribution in [0.4, 0.5) is 11.4 Å². The lowest BCUT2D eigenvalue weighted by Crippen LogP contribution is -2.57. The largest absolute Gasteiger partial charge is 0.495 e. The molecule has 0 spiro atoms. The van der Waals surface area contributed by atoms with Crippen molar-refractivity contribution in [2.75, 3.05) is 43.3 Å². The van der Waals surface area contributed by atoms with Crippen LogP contribution < -0.4 is 15.1 Å². The molecule has 0 aliphatic carbocycles. The first-order valence-electron chi connectivity index (χ1n) is 9.19. The molecule has 2 aromatic carbocycles. The van der Waals surface area contributed by atoms with E-state index in [0.717, 1.165) is 23.7 Å². The summed E-state index contributed by atoms with van der Waals surface area (Å²) >= 11 is 7.41. The lowest BCUT2D eigenvalue weighted by molar-refractivity contribution is -0.115. The smallest absolute Gasteiger partial charge is 0.209 e. The molecule has 7 heteroatoms. The number of aryl methyl sites for hydroxylation is 2. The van der Waals surface area contributed by atoms with Crippen LogP contribution in [0.25, 0.3) is 0 Å². The van der Waals surface area contributed by atoms with Gasteiger partial charge in [-0.1, -0.05) is 29.4 Å². The number of piperazine rings is 1. The molecule has 1 atom stereocenters. The number of hydrazine groups is 1. The van der Waals surface area contributed by atoms with Crippen LogP contribution in [0.1, 0.15) is 11.1 Å². The second-order valence-corrected chi connectivity index (χ2v) is 8.15. The van der Waals surface area contributed by atoms with Crippen molar-refractivity contribution in [2.45, 2.75) is 19.9 Å². The van der Waals surface area contributed by atoms with Gasteiger partial charge in [0.05, 0.1) is 12.8 Å². The fraction of sp³-hybridized carbons (Fsp3) is 0.381. The quantitative estimate of drug-likeness (QED) is 0.776. The highest BCUT2D eigenvalue weighted by atomic mass is 35.5. The van der Waals surface area contributed by atoms with Crippen LogP contribution in [-0.2, 0) is 4.79 Å². The summed E-state index contributed by atoms with van der Waals surface area (Å²) in [4.78, 5) is 14.9. The number of anilines is 2. The molecule has 1 heterocycles. The maximum Gasteiger partial charge on any atom is 0.209 e. The molecule has 28 heavy (non-hydrogen) atoms. The molecular weight excluding hydrogens is 394 g/mol. The van der Waals surface area contributed by atoms with E-state index in [2.05, 4.69) is 30.2 Å². The molecule has 0 saturated carbocycles. The third kappa shape index (κ3) is 4.57. The first-order valence-corrected chi connectivity index (χ1v) is 10.8. The van der Waals surface area contributed by atoms with Gasteiger partial charge in [0.1, 0.15) is 11.8 Å². The molecule has 1 aliphatic heterocycles. The van der Waals surface area contributed by atoms with Gasteiger partial charge in [0.15, 0.2) is 0 Å². The lowest BCUT2D eigenvalue weighted by atomic mass is 10.1. The van der Waals surface area contributed by atoms with Crippen molar-refractivity contribution in [3.63, 3.8) is 0 Å². The van der Waals surface area contributed by atoms with Gasteiger partial charge < -0.3 is 15.1 Å². The van der Waals surface area contributed by atoms with Crippen molar-refractivity contribution < 1.29 is 9.53 Å². The Morgan fingerprint density at radius 2 is 1.96 bits per heavy atom. The first kappa shape index (κ1) is 20.8. The van der Waals surface area contributed by atoms with Gasteiger partial charge in [-0.3, -0.25) is 4.79 Å². The summed E-state index contributed by atoms with van der Waals surface area (Å²) < 4.78 is 5.54. The van der Waals surface area contributed by atoms with Crippen molar-refractivity contribution in [3.8, 4) is 5.75 Å². The number of methoxy groups -OCH3 is 1. The Balaban J connectivity index is 1.84. The van der Waals surface area contributed by atoms with E-state index in [1.165, 1.54) is 22.9 Å². The second-order valence-electron chi connectivity index (χ2n) is 6.91. The summed E-state index contributed by atoms with van der Waals surface area (Å²) in [5.74, 6) is 0.774. The van der Waals surface area contributed by atoms with E-state index in [4.69, 9.17) is 16.3 Å². The van der Waals surface area contributed by atoms with E-state index < -0.39 is 0 Å². The third-order valence-corrected chi connectivity index (χ3v) is 6.02. The number of carbonyl (C=O) groups excluding carboxylic acids is 1. The number of nitrogens with zero attached hydrogens (tertiary/aromatic N) is 2. The Bertz CT molecular complexity index is 862. The average Bonchev–Trinajstić information content (AvgIpc) is 2.70.